The molecule has 0 radical (unpaired) electrons. The molecule has 11 atom stereocenters. The molecule has 8 rings (SSSR count). The zero-order valence-corrected chi connectivity index (χ0v) is 52.5. The van der Waals surface area contributed by atoms with Crippen LogP contribution in [0.2, 0.25) is 0 Å². The fourth-order valence-electron chi connectivity index (χ4n) is 10.0. The number of hydrogen-bond acceptors (Lipinski definition) is 19. The van der Waals surface area contributed by atoms with Crippen LogP contribution in [0, 0.1) is 0 Å². The Hall–Kier alpha value is -8.17. The van der Waals surface area contributed by atoms with E-state index in [2.05, 4.69) is 27.4 Å². The lowest BCUT2D eigenvalue weighted by Gasteiger charge is -2.49. The number of rotatable bonds is 30. The van der Waals surface area contributed by atoms with E-state index in [4.69, 9.17) is 51.7 Å². The molecule has 0 aromatic heterocycles. The van der Waals surface area contributed by atoms with Crippen LogP contribution < -0.4 is 9.79 Å². The first-order chi connectivity index (χ1) is 44.1. The van der Waals surface area contributed by atoms with E-state index in [1.54, 1.807) is 114 Å². The summed E-state index contributed by atoms with van der Waals surface area (Å²) in [5.74, 6) is -5.85. The number of allylic oxidation sites excluding steroid dienone is 1. The van der Waals surface area contributed by atoms with Gasteiger partial charge >= 0.3 is 35.8 Å². The van der Waals surface area contributed by atoms with Crippen molar-refractivity contribution in [3.8, 4) is 0 Å². The number of phosphoric ester groups is 1. The zero-order chi connectivity index (χ0) is 65.0. The number of ether oxygens (including phenoxy) is 9. The molecular weight excluding hydrogens is 1190 g/mol. The number of hydrogen-bond donors (Lipinski definition) is 1. The number of quaternary nitrogens is 1. The molecule has 1 N–H and O–H groups in total. The van der Waals surface area contributed by atoms with Crippen LogP contribution >= 0.6 is 7.82 Å². The number of phosphoric acid groups is 1. The lowest BCUT2D eigenvalue weighted by Crippen LogP contribution is -3.11. The van der Waals surface area contributed by atoms with Crippen LogP contribution in [0.25, 0.3) is 0 Å². The average molecular weight is 1270 g/mol. The van der Waals surface area contributed by atoms with Crippen LogP contribution in [-0.2, 0) is 56.2 Å². The van der Waals surface area contributed by atoms with Gasteiger partial charge in [-0.3, -0.25) is 9.09 Å². The normalized spacial score (nSPS) is 21.7. The average Bonchev–Trinajstić information content (AvgIpc) is 1.31. The molecule has 2 aliphatic heterocycles. The number of benzene rings is 6. The van der Waals surface area contributed by atoms with E-state index in [1.807, 2.05) is 6.08 Å². The Morgan fingerprint density at radius 3 is 1.19 bits per heavy atom. The van der Waals surface area contributed by atoms with Gasteiger partial charge in [0.2, 0.25) is 6.29 Å². The summed E-state index contributed by atoms with van der Waals surface area (Å²) < 4.78 is 81.7. The lowest BCUT2D eigenvalue weighted by atomic mass is 9.96. The Labute approximate surface area is 531 Å². The summed E-state index contributed by atoms with van der Waals surface area (Å²) in [6, 6.07) is 46.3. The molecule has 2 saturated heterocycles. The predicted molar refractivity (Wildman–Crippen MR) is 333 cm³/mol. The molecule has 21 heteroatoms. The van der Waals surface area contributed by atoms with E-state index in [9.17, 15) is 38.2 Å². The third-order valence-electron chi connectivity index (χ3n) is 15.0. The van der Waals surface area contributed by atoms with Gasteiger partial charge < -0.3 is 56.9 Å². The third kappa shape index (κ3) is 21.5. The van der Waals surface area contributed by atoms with Crippen molar-refractivity contribution < 1.29 is 94.8 Å². The van der Waals surface area contributed by atoms with Crippen molar-refractivity contribution in [3.05, 3.63) is 228 Å². The molecule has 0 spiro atoms. The summed E-state index contributed by atoms with van der Waals surface area (Å²) in [6.45, 7) is 14.6. The summed E-state index contributed by atoms with van der Waals surface area (Å²) in [4.78, 5) is 101. The highest BCUT2D eigenvalue weighted by atomic mass is 31.2. The number of carbonyl (C=O) groups excluding carboxylic acids is 6. The standard InChI is InChI=1S/C64H65O19P.C6H15N/c1-3-4-5-6-7-8-9-28-41-74-84(71,72)83-64-56(81-62(70)49-39-26-15-27-40-49)54(79-60(68)47-35-22-13-23-36-47)52(50(76-64)42-73-57(65)44-29-16-10-17-30-44)82-63-55(80-61(69)48-37-24-14-25-38-48)53(78-59(67)46-33-20-12-21-34-46)51(43(2)75-63)77-58(66)45-31-18-11-19-32-45;1-4-7(5-2)6-3/h3,10-27,29-40,43,50-56,63-64H,1,4-9,28,41-42H2,2H3,(H,71,72);4-6H2,1-3H3/t43-,50-,51+,52-,53+,54+,55-,56+,63+,64-;/m1./s1. The van der Waals surface area contributed by atoms with Crippen molar-refractivity contribution >= 4 is 43.6 Å². The molecule has 0 aliphatic carbocycles. The number of nitrogens with one attached hydrogen (secondary N) is 1. The Balaban J connectivity index is 0.00000158. The Morgan fingerprint density at radius 1 is 0.462 bits per heavy atom. The van der Waals surface area contributed by atoms with Gasteiger partial charge in [0, 0.05) is 0 Å². The maximum Gasteiger partial charge on any atom is 0.338 e. The Kier molecular flexibility index (Phi) is 28.3. The summed E-state index contributed by atoms with van der Waals surface area (Å²) >= 11 is 0. The lowest BCUT2D eigenvalue weighted by molar-refractivity contribution is -0.894. The second-order valence-electron chi connectivity index (χ2n) is 21.4. The summed E-state index contributed by atoms with van der Waals surface area (Å²) in [7, 11) is -5.46. The maximum atomic E-state index is 14.6. The van der Waals surface area contributed by atoms with Crippen molar-refractivity contribution in [2.24, 2.45) is 0 Å². The topological polar surface area (TPSA) is 249 Å². The van der Waals surface area contributed by atoms with Gasteiger partial charge in [0.05, 0.1) is 65.7 Å². The second kappa shape index (κ2) is 36.6. The van der Waals surface area contributed by atoms with Crippen molar-refractivity contribution in [2.75, 3.05) is 32.8 Å². The van der Waals surface area contributed by atoms with Gasteiger partial charge in [-0.15, -0.1) is 6.58 Å². The maximum absolute atomic E-state index is 14.6. The molecule has 0 bridgehead atoms. The smallest absolute Gasteiger partial charge is 0.338 e. The van der Waals surface area contributed by atoms with E-state index in [-0.39, 0.29) is 40.0 Å². The SMILES string of the molecule is C=CCCCCCCCCOP(=O)([O-])O[C@H]1O[C@H](COC(=O)c2ccccc2)[C@@H](O[C@@H]2O[C@H](C)[C@H](OC(=O)c3ccccc3)[C@H](OC(=O)c3ccccc3)[C@H]2OC(=O)c2ccccc2)[C@H](OC(=O)c2ccccc2)[C@@H]1OC(=O)c1ccccc1.CC[NH+](CC)CC. The molecular formula is C70H80NO19P. The first-order valence-electron chi connectivity index (χ1n) is 30.7. The minimum Gasteiger partial charge on any atom is -0.756 e. The van der Waals surface area contributed by atoms with Crippen LogP contribution in [0.15, 0.2) is 195 Å². The molecule has 20 nitrogen and oxygen atoms in total. The summed E-state index contributed by atoms with van der Waals surface area (Å²) in [5, 5.41) is 0. The molecule has 91 heavy (non-hydrogen) atoms. The van der Waals surface area contributed by atoms with Crippen LogP contribution in [0.1, 0.15) is 135 Å². The summed E-state index contributed by atoms with van der Waals surface area (Å²) in [5.41, 5.74) is 0.184. The molecule has 6 aromatic carbocycles. The highest BCUT2D eigenvalue weighted by Crippen LogP contribution is 2.45. The van der Waals surface area contributed by atoms with Gasteiger partial charge in [-0.25, -0.2) is 28.8 Å². The third-order valence-corrected chi connectivity index (χ3v) is 16.0. The van der Waals surface area contributed by atoms with Gasteiger partial charge in [0.1, 0.15) is 18.8 Å². The number of unbranched alkanes of at least 4 members (excludes halogenated alkanes) is 6. The van der Waals surface area contributed by atoms with Crippen LogP contribution in [0.5, 0.6) is 0 Å². The fourth-order valence-corrected chi connectivity index (χ4v) is 10.8. The largest absolute Gasteiger partial charge is 0.756 e. The fraction of sp³-hybridized carbons (Fsp3) is 0.371. The Bertz CT molecular complexity index is 3250. The van der Waals surface area contributed by atoms with Gasteiger partial charge in [-0.2, -0.15) is 0 Å². The van der Waals surface area contributed by atoms with Gasteiger partial charge in [0.15, 0.2) is 36.8 Å². The van der Waals surface area contributed by atoms with E-state index < -0.39 is 112 Å². The first-order valence-corrected chi connectivity index (χ1v) is 32.2. The molecule has 6 aromatic rings. The Morgan fingerprint density at radius 2 is 0.802 bits per heavy atom. The van der Waals surface area contributed by atoms with Crippen LogP contribution in [0.3, 0.4) is 0 Å². The highest BCUT2D eigenvalue weighted by Gasteiger charge is 2.58. The van der Waals surface area contributed by atoms with E-state index in [0.29, 0.717) is 12.8 Å². The second-order valence-corrected chi connectivity index (χ2v) is 22.8. The van der Waals surface area contributed by atoms with Crippen LogP contribution in [0.4, 0.5) is 0 Å². The molecule has 484 valence electrons. The van der Waals surface area contributed by atoms with Gasteiger partial charge in [-0.1, -0.05) is 141 Å². The highest BCUT2D eigenvalue weighted by molar-refractivity contribution is 7.45. The van der Waals surface area contributed by atoms with E-state index in [1.165, 1.54) is 99.4 Å². The monoisotopic (exact) mass is 1270 g/mol. The molecule has 0 amide bonds. The number of carbonyl (C=O) groups is 6. The molecule has 2 aliphatic rings. The van der Waals surface area contributed by atoms with Crippen molar-refractivity contribution in [1.82, 2.24) is 0 Å². The van der Waals surface area contributed by atoms with Crippen molar-refractivity contribution in [2.45, 2.75) is 134 Å². The van der Waals surface area contributed by atoms with Crippen molar-refractivity contribution in [3.63, 3.8) is 0 Å². The van der Waals surface area contributed by atoms with Crippen LogP contribution in [-0.4, -0.2) is 130 Å². The minimum absolute atomic E-state index is 0.0126. The van der Waals surface area contributed by atoms with E-state index in [0.717, 1.165) is 32.1 Å². The van der Waals surface area contributed by atoms with Crippen molar-refractivity contribution in [1.29, 1.82) is 0 Å². The quantitative estimate of drug-likeness (QED) is 0.0145. The van der Waals surface area contributed by atoms with Gasteiger partial charge in [0.25, 0.3) is 7.82 Å². The summed E-state index contributed by atoms with van der Waals surface area (Å²) in [6.07, 6.45) is -11.2. The minimum atomic E-state index is -5.46. The molecule has 2 heterocycles. The molecule has 2 fully saturated rings. The predicted octanol–water partition coefficient (Wildman–Crippen LogP) is 10.2. The molecule has 1 unspecified atom stereocenters. The zero-order valence-electron chi connectivity index (χ0n) is 51.6. The molecule has 0 saturated carbocycles. The first kappa shape index (κ1) is 70.3. The number of esters is 6. The van der Waals surface area contributed by atoms with Gasteiger partial charge in [-0.05, 0) is 120 Å². The van der Waals surface area contributed by atoms with E-state index >= 15 is 0 Å².